The minimum absolute atomic E-state index is 0.132. The van der Waals surface area contributed by atoms with E-state index < -0.39 is 11.9 Å². The fourth-order valence-corrected chi connectivity index (χ4v) is 2.84. The van der Waals surface area contributed by atoms with Gasteiger partial charge in [0.1, 0.15) is 0 Å². The molecule has 3 nitrogen and oxygen atoms in total. The fourth-order valence-electron chi connectivity index (χ4n) is 2.84. The van der Waals surface area contributed by atoms with E-state index in [1.807, 2.05) is 61.5 Å². The number of aliphatic hydroxyl groups is 1. The van der Waals surface area contributed by atoms with Crippen molar-refractivity contribution < 1.29 is 14.6 Å². The van der Waals surface area contributed by atoms with Crippen molar-refractivity contribution in [3.8, 4) is 11.1 Å². The first-order valence-corrected chi connectivity index (χ1v) is 7.40. The maximum atomic E-state index is 12.3. The van der Waals surface area contributed by atoms with Gasteiger partial charge in [-0.05, 0) is 35.3 Å². The van der Waals surface area contributed by atoms with Crippen LogP contribution in [0.15, 0.2) is 66.7 Å². The maximum absolute atomic E-state index is 12.3. The average Bonchev–Trinajstić information content (AvgIpc) is 2.58. The Morgan fingerprint density at radius 1 is 1.05 bits per heavy atom. The highest BCUT2D eigenvalue weighted by Gasteiger charge is 2.42. The number of ether oxygens (including phenoxy) is 1. The molecule has 112 valence electrons. The quantitative estimate of drug-likeness (QED) is 0.943. The largest absolute Gasteiger partial charge is 0.365 e. The molecule has 0 amide bonds. The lowest BCUT2D eigenvalue weighted by Crippen LogP contribution is -2.43. The second-order valence-corrected chi connectivity index (χ2v) is 5.36. The van der Waals surface area contributed by atoms with Gasteiger partial charge in [-0.3, -0.25) is 4.79 Å². The molecule has 1 heterocycles. The van der Waals surface area contributed by atoms with Crippen LogP contribution in [0.3, 0.4) is 0 Å². The Morgan fingerprint density at radius 3 is 2.32 bits per heavy atom. The topological polar surface area (TPSA) is 46.5 Å². The van der Waals surface area contributed by atoms with E-state index in [-0.39, 0.29) is 5.78 Å². The van der Waals surface area contributed by atoms with Crippen molar-refractivity contribution in [2.75, 3.05) is 0 Å². The summed E-state index contributed by atoms with van der Waals surface area (Å²) in [5.74, 6) is -0.132. The molecule has 0 saturated heterocycles. The van der Waals surface area contributed by atoms with Crippen LogP contribution in [0.4, 0.5) is 0 Å². The Kier molecular flexibility index (Phi) is 3.92. The lowest BCUT2D eigenvalue weighted by Gasteiger charge is -2.35. The third-order valence-electron chi connectivity index (χ3n) is 4.09. The molecule has 0 unspecified atom stereocenters. The van der Waals surface area contributed by atoms with Gasteiger partial charge in [0.15, 0.2) is 17.7 Å². The van der Waals surface area contributed by atoms with E-state index >= 15 is 0 Å². The van der Waals surface area contributed by atoms with E-state index in [1.54, 1.807) is 0 Å². The van der Waals surface area contributed by atoms with Crippen LogP contribution >= 0.6 is 0 Å². The molecular formula is C19H18O3. The summed E-state index contributed by atoms with van der Waals surface area (Å²) < 4.78 is 5.59. The van der Waals surface area contributed by atoms with E-state index in [0.29, 0.717) is 6.42 Å². The summed E-state index contributed by atoms with van der Waals surface area (Å²) in [6, 6.07) is 17.8. The Balaban J connectivity index is 1.98. The number of carbonyl (C=O) groups is 1. The molecule has 0 saturated carbocycles. The Labute approximate surface area is 129 Å². The summed E-state index contributed by atoms with van der Waals surface area (Å²) in [4.78, 5) is 12.3. The molecule has 2 aromatic carbocycles. The van der Waals surface area contributed by atoms with Crippen molar-refractivity contribution in [1.82, 2.24) is 0 Å². The van der Waals surface area contributed by atoms with Gasteiger partial charge in [0.2, 0.25) is 0 Å². The van der Waals surface area contributed by atoms with Crippen molar-refractivity contribution >= 4 is 5.78 Å². The molecule has 0 aliphatic carbocycles. The molecule has 0 fully saturated rings. The molecule has 0 radical (unpaired) electrons. The number of ketones is 1. The van der Waals surface area contributed by atoms with E-state index in [1.165, 1.54) is 12.2 Å². The summed E-state index contributed by atoms with van der Waals surface area (Å²) in [6.07, 6.45) is 2.20. The molecule has 0 aromatic heterocycles. The highest BCUT2D eigenvalue weighted by atomic mass is 16.6. The van der Waals surface area contributed by atoms with Crippen LogP contribution in [0, 0.1) is 0 Å². The van der Waals surface area contributed by atoms with Gasteiger partial charge >= 0.3 is 0 Å². The smallest absolute Gasteiger partial charge is 0.192 e. The van der Waals surface area contributed by atoms with Gasteiger partial charge in [-0.1, -0.05) is 61.5 Å². The first-order valence-electron chi connectivity index (χ1n) is 7.40. The van der Waals surface area contributed by atoms with Gasteiger partial charge in [0.25, 0.3) is 0 Å². The molecule has 1 N–H and O–H groups in total. The summed E-state index contributed by atoms with van der Waals surface area (Å²) in [6.45, 7) is 1.88. The van der Waals surface area contributed by atoms with Crippen LogP contribution in [0.5, 0.6) is 0 Å². The fraction of sp³-hybridized carbons (Fsp3) is 0.211. The van der Waals surface area contributed by atoms with Gasteiger partial charge in [-0.15, -0.1) is 0 Å². The Bertz CT molecular complexity index is 688. The van der Waals surface area contributed by atoms with Gasteiger partial charge in [0.05, 0.1) is 0 Å². The van der Waals surface area contributed by atoms with Crippen molar-refractivity contribution in [2.24, 2.45) is 0 Å². The Morgan fingerprint density at radius 2 is 1.68 bits per heavy atom. The SMILES string of the molecule is CC[C@]1(c2ccc(-c3ccccc3)cc2)O[C@@H](O)C=CC1=O. The van der Waals surface area contributed by atoms with Crippen LogP contribution in [-0.2, 0) is 15.1 Å². The first kappa shape index (κ1) is 14.7. The lowest BCUT2D eigenvalue weighted by atomic mass is 9.84. The van der Waals surface area contributed by atoms with Crippen LogP contribution in [-0.4, -0.2) is 17.2 Å². The standard InChI is InChI=1S/C19H18O3/c1-2-19(17(20)12-13-18(21)22-19)16-10-8-15(9-11-16)14-6-4-3-5-7-14/h3-13,18,21H,2H2,1H3/t18-,19-/m1/s1. The average molecular weight is 294 g/mol. The van der Waals surface area contributed by atoms with Crippen LogP contribution in [0.25, 0.3) is 11.1 Å². The van der Waals surface area contributed by atoms with Crippen molar-refractivity contribution in [1.29, 1.82) is 0 Å². The summed E-state index contributed by atoms with van der Waals surface area (Å²) in [7, 11) is 0. The second-order valence-electron chi connectivity index (χ2n) is 5.36. The van der Waals surface area contributed by atoms with Gasteiger partial charge in [0, 0.05) is 0 Å². The number of hydrogen-bond acceptors (Lipinski definition) is 3. The van der Waals surface area contributed by atoms with E-state index in [9.17, 15) is 9.90 Å². The molecule has 0 bridgehead atoms. The molecule has 2 atom stereocenters. The minimum Gasteiger partial charge on any atom is -0.365 e. The maximum Gasteiger partial charge on any atom is 0.192 e. The van der Waals surface area contributed by atoms with Crippen molar-refractivity contribution in [2.45, 2.75) is 25.2 Å². The van der Waals surface area contributed by atoms with Gasteiger partial charge in [-0.2, -0.15) is 0 Å². The molecule has 1 aliphatic rings. The Hall–Kier alpha value is -2.23. The van der Waals surface area contributed by atoms with Crippen LogP contribution in [0.2, 0.25) is 0 Å². The molecule has 3 rings (SSSR count). The van der Waals surface area contributed by atoms with Crippen LogP contribution < -0.4 is 0 Å². The monoisotopic (exact) mass is 294 g/mol. The molecular weight excluding hydrogens is 276 g/mol. The van der Waals surface area contributed by atoms with Gasteiger partial charge < -0.3 is 9.84 Å². The number of benzene rings is 2. The highest BCUT2D eigenvalue weighted by Crippen LogP contribution is 2.35. The predicted molar refractivity (Wildman–Crippen MR) is 85.1 cm³/mol. The summed E-state index contributed by atoms with van der Waals surface area (Å²) in [5.41, 5.74) is 1.87. The second kappa shape index (κ2) is 5.87. The van der Waals surface area contributed by atoms with E-state index in [4.69, 9.17) is 4.74 Å². The molecule has 2 aromatic rings. The van der Waals surface area contributed by atoms with Gasteiger partial charge in [-0.25, -0.2) is 0 Å². The van der Waals surface area contributed by atoms with E-state index in [2.05, 4.69) is 0 Å². The van der Waals surface area contributed by atoms with Crippen molar-refractivity contribution in [3.63, 3.8) is 0 Å². The summed E-state index contributed by atoms with van der Waals surface area (Å²) in [5, 5.41) is 9.73. The number of aliphatic hydroxyl groups excluding tert-OH is 1. The number of rotatable bonds is 3. The zero-order valence-corrected chi connectivity index (χ0v) is 12.4. The lowest BCUT2D eigenvalue weighted by molar-refractivity contribution is -0.183. The minimum atomic E-state index is -1.09. The molecule has 3 heteroatoms. The molecule has 0 spiro atoms. The third-order valence-corrected chi connectivity index (χ3v) is 4.09. The van der Waals surface area contributed by atoms with Crippen molar-refractivity contribution in [3.05, 3.63) is 72.3 Å². The zero-order chi connectivity index (χ0) is 15.6. The normalized spacial score (nSPS) is 24.5. The first-order chi connectivity index (χ1) is 10.7. The van der Waals surface area contributed by atoms with Crippen LogP contribution in [0.1, 0.15) is 18.9 Å². The predicted octanol–water partition coefficient (Wildman–Crippen LogP) is 3.43. The number of carbonyl (C=O) groups excluding carboxylic acids is 1. The third kappa shape index (κ3) is 2.49. The molecule has 1 aliphatic heterocycles. The molecule has 22 heavy (non-hydrogen) atoms. The van der Waals surface area contributed by atoms with E-state index in [0.717, 1.165) is 16.7 Å². The number of hydrogen-bond donors (Lipinski definition) is 1. The highest BCUT2D eigenvalue weighted by molar-refractivity contribution is 5.98. The zero-order valence-electron chi connectivity index (χ0n) is 12.4. The summed E-state index contributed by atoms with van der Waals surface area (Å²) >= 11 is 0.